The normalized spacial score (nSPS) is 10.6. The third-order valence-corrected chi connectivity index (χ3v) is 5.09. The van der Waals surface area contributed by atoms with E-state index in [0.717, 1.165) is 23.6 Å². The fourth-order valence-electron chi connectivity index (χ4n) is 3.60. The lowest BCUT2D eigenvalue weighted by Crippen LogP contribution is -2.24. The monoisotopic (exact) mass is 410 g/mol. The van der Waals surface area contributed by atoms with E-state index in [4.69, 9.17) is 5.73 Å². The zero-order chi connectivity index (χ0) is 21.6. The Morgan fingerprint density at radius 2 is 1.55 bits per heavy atom. The molecular weight excluding hydrogens is 384 g/mol. The summed E-state index contributed by atoms with van der Waals surface area (Å²) in [7, 11) is 0. The van der Waals surface area contributed by atoms with Crippen LogP contribution in [-0.4, -0.2) is 21.5 Å². The van der Waals surface area contributed by atoms with Gasteiger partial charge in [0.25, 0.3) is 0 Å². The van der Waals surface area contributed by atoms with Gasteiger partial charge in [-0.2, -0.15) is 0 Å². The van der Waals surface area contributed by atoms with Crippen LogP contribution >= 0.6 is 0 Å². The van der Waals surface area contributed by atoms with Gasteiger partial charge in [0, 0.05) is 18.4 Å². The van der Waals surface area contributed by atoms with E-state index in [-0.39, 0.29) is 0 Å². The van der Waals surface area contributed by atoms with Crippen molar-refractivity contribution in [2.45, 2.75) is 20.4 Å². The summed E-state index contributed by atoms with van der Waals surface area (Å²) in [4.78, 5) is 17.8. The van der Waals surface area contributed by atoms with Gasteiger partial charge in [-0.3, -0.25) is 0 Å². The molecule has 0 aliphatic heterocycles. The molecule has 4 rings (SSSR count). The molecule has 156 valence electrons. The molecule has 0 saturated carbocycles. The molecule has 0 spiro atoms. The number of aromatic nitrogens is 3. The van der Waals surface area contributed by atoms with Crippen LogP contribution in [0.5, 0.6) is 0 Å². The average Bonchev–Trinajstić information content (AvgIpc) is 2.81. The van der Waals surface area contributed by atoms with E-state index in [9.17, 15) is 0 Å². The van der Waals surface area contributed by atoms with Crippen LogP contribution in [0.4, 0.5) is 28.8 Å². The highest BCUT2D eigenvalue weighted by Crippen LogP contribution is 2.36. The molecule has 2 aromatic carbocycles. The van der Waals surface area contributed by atoms with Crippen LogP contribution in [-0.2, 0) is 6.54 Å². The number of nitrogens with two attached hydrogens (primary N) is 1. The van der Waals surface area contributed by atoms with Crippen LogP contribution in [0.3, 0.4) is 0 Å². The Bertz CT molecular complexity index is 1130. The molecule has 0 unspecified atom stereocenters. The highest BCUT2D eigenvalue weighted by Gasteiger charge is 2.21. The van der Waals surface area contributed by atoms with Crippen molar-refractivity contribution in [1.82, 2.24) is 15.0 Å². The zero-order valence-electron chi connectivity index (χ0n) is 17.8. The van der Waals surface area contributed by atoms with E-state index in [2.05, 4.69) is 64.0 Å². The fraction of sp³-hybridized carbons (Fsp3) is 0.160. The molecule has 6 nitrogen and oxygen atoms in total. The Kier molecular flexibility index (Phi) is 6.08. The van der Waals surface area contributed by atoms with Crippen molar-refractivity contribution >= 4 is 28.8 Å². The number of anilines is 5. The number of aryl methyl sites for hydroxylation is 1. The standard InChI is InChI=1S/C25H26N6/c1-3-30(21-13-9-10-19(2)16-21)24-23(26)25(29-18-28-24)31(22-14-7-8-15-27-22)17-20-11-5-4-6-12-20/h4-16,18H,3,17,26H2,1-2H3. The second kappa shape index (κ2) is 9.26. The second-order valence-electron chi connectivity index (χ2n) is 7.28. The third-order valence-electron chi connectivity index (χ3n) is 5.09. The first kappa shape index (κ1) is 20.3. The number of nitrogens with zero attached hydrogens (tertiary/aromatic N) is 5. The molecule has 0 aliphatic carbocycles. The lowest BCUT2D eigenvalue weighted by Gasteiger charge is -2.28. The van der Waals surface area contributed by atoms with Crippen LogP contribution in [0.1, 0.15) is 18.1 Å². The van der Waals surface area contributed by atoms with Gasteiger partial charge < -0.3 is 15.5 Å². The van der Waals surface area contributed by atoms with Crippen molar-refractivity contribution in [2.75, 3.05) is 22.1 Å². The van der Waals surface area contributed by atoms with Gasteiger partial charge in [0.2, 0.25) is 0 Å². The largest absolute Gasteiger partial charge is 0.393 e. The summed E-state index contributed by atoms with van der Waals surface area (Å²) in [6.07, 6.45) is 3.34. The van der Waals surface area contributed by atoms with Gasteiger partial charge in [0.15, 0.2) is 11.6 Å². The molecule has 4 aromatic rings. The van der Waals surface area contributed by atoms with Gasteiger partial charge in [0.05, 0.1) is 6.54 Å². The highest BCUT2D eigenvalue weighted by molar-refractivity contribution is 5.82. The number of hydrogen-bond acceptors (Lipinski definition) is 6. The Hall–Kier alpha value is -3.93. The number of rotatable bonds is 7. The van der Waals surface area contributed by atoms with E-state index in [1.807, 2.05) is 47.4 Å². The first-order chi connectivity index (χ1) is 15.2. The smallest absolute Gasteiger partial charge is 0.163 e. The van der Waals surface area contributed by atoms with Crippen molar-refractivity contribution < 1.29 is 0 Å². The van der Waals surface area contributed by atoms with E-state index in [1.54, 1.807) is 12.5 Å². The van der Waals surface area contributed by atoms with Gasteiger partial charge in [-0.05, 0) is 49.2 Å². The summed E-state index contributed by atoms with van der Waals surface area (Å²) >= 11 is 0. The topological polar surface area (TPSA) is 71.2 Å². The van der Waals surface area contributed by atoms with Crippen LogP contribution in [0.25, 0.3) is 0 Å². The average molecular weight is 411 g/mol. The van der Waals surface area contributed by atoms with Crippen LogP contribution < -0.4 is 15.5 Å². The maximum absolute atomic E-state index is 6.69. The summed E-state index contributed by atoms with van der Waals surface area (Å²) in [6, 6.07) is 24.4. The lowest BCUT2D eigenvalue weighted by molar-refractivity contribution is 0.908. The van der Waals surface area contributed by atoms with Crippen molar-refractivity contribution in [1.29, 1.82) is 0 Å². The summed E-state index contributed by atoms with van der Waals surface area (Å²) in [5.74, 6) is 2.10. The number of hydrogen-bond donors (Lipinski definition) is 1. The van der Waals surface area contributed by atoms with Gasteiger partial charge in [-0.25, -0.2) is 15.0 Å². The molecule has 0 aliphatic rings. The molecule has 2 N–H and O–H groups in total. The molecular formula is C25H26N6. The summed E-state index contributed by atoms with van der Waals surface area (Å²) < 4.78 is 0. The molecule has 0 radical (unpaired) electrons. The Morgan fingerprint density at radius 1 is 0.806 bits per heavy atom. The van der Waals surface area contributed by atoms with Crippen LogP contribution in [0, 0.1) is 6.92 Å². The highest BCUT2D eigenvalue weighted by atomic mass is 15.3. The van der Waals surface area contributed by atoms with Crippen LogP contribution in [0.2, 0.25) is 0 Å². The fourth-order valence-corrected chi connectivity index (χ4v) is 3.60. The Morgan fingerprint density at radius 3 is 2.23 bits per heavy atom. The number of pyridine rings is 1. The molecule has 2 heterocycles. The molecule has 0 amide bonds. The molecule has 6 heteroatoms. The minimum atomic E-state index is 0.521. The minimum Gasteiger partial charge on any atom is -0.393 e. The van der Waals surface area contributed by atoms with Gasteiger partial charge in [-0.15, -0.1) is 0 Å². The quantitative estimate of drug-likeness (QED) is 0.448. The maximum Gasteiger partial charge on any atom is 0.163 e. The molecule has 31 heavy (non-hydrogen) atoms. The number of benzene rings is 2. The lowest BCUT2D eigenvalue weighted by atomic mass is 10.2. The second-order valence-corrected chi connectivity index (χ2v) is 7.28. The van der Waals surface area contributed by atoms with Crippen molar-refractivity contribution in [3.05, 3.63) is 96.4 Å². The minimum absolute atomic E-state index is 0.521. The van der Waals surface area contributed by atoms with Crippen molar-refractivity contribution in [3.8, 4) is 0 Å². The first-order valence-corrected chi connectivity index (χ1v) is 10.3. The zero-order valence-corrected chi connectivity index (χ0v) is 17.8. The molecule has 0 saturated heterocycles. The summed E-state index contributed by atoms with van der Waals surface area (Å²) in [5.41, 5.74) is 10.6. The Labute approximate surface area is 183 Å². The summed E-state index contributed by atoms with van der Waals surface area (Å²) in [6.45, 7) is 5.49. The van der Waals surface area contributed by atoms with Gasteiger partial charge in [0.1, 0.15) is 17.8 Å². The van der Waals surface area contributed by atoms with Gasteiger partial charge >= 0.3 is 0 Å². The van der Waals surface area contributed by atoms with E-state index >= 15 is 0 Å². The van der Waals surface area contributed by atoms with Crippen molar-refractivity contribution in [2.24, 2.45) is 0 Å². The first-order valence-electron chi connectivity index (χ1n) is 10.3. The molecule has 0 fully saturated rings. The summed E-state index contributed by atoms with van der Waals surface area (Å²) in [5, 5.41) is 0. The maximum atomic E-state index is 6.69. The van der Waals surface area contributed by atoms with Crippen LogP contribution in [0.15, 0.2) is 85.3 Å². The number of nitrogen functional groups attached to an aromatic ring is 1. The van der Waals surface area contributed by atoms with E-state index in [1.165, 1.54) is 5.56 Å². The van der Waals surface area contributed by atoms with Crippen molar-refractivity contribution in [3.63, 3.8) is 0 Å². The van der Waals surface area contributed by atoms with E-state index < -0.39 is 0 Å². The molecule has 2 aromatic heterocycles. The Balaban J connectivity index is 1.79. The molecule has 0 atom stereocenters. The predicted molar refractivity (Wildman–Crippen MR) is 127 cm³/mol. The van der Waals surface area contributed by atoms with Gasteiger partial charge in [-0.1, -0.05) is 48.5 Å². The SMILES string of the molecule is CCN(c1cccc(C)c1)c1ncnc(N(Cc2ccccc2)c2ccccn2)c1N. The third kappa shape index (κ3) is 4.48. The predicted octanol–water partition coefficient (Wildman–Crippen LogP) is 5.26. The molecule has 0 bridgehead atoms. The van der Waals surface area contributed by atoms with E-state index in [0.29, 0.717) is 23.9 Å².